The van der Waals surface area contributed by atoms with Crippen molar-refractivity contribution < 1.29 is 14.6 Å². The first-order chi connectivity index (χ1) is 17.9. The molecule has 1 aliphatic heterocycles. The second kappa shape index (κ2) is 10.6. The van der Waals surface area contributed by atoms with Gasteiger partial charge in [0, 0.05) is 16.5 Å². The predicted molar refractivity (Wildman–Crippen MR) is 145 cm³/mol. The van der Waals surface area contributed by atoms with Crippen molar-refractivity contribution >= 4 is 40.9 Å². The van der Waals surface area contributed by atoms with Gasteiger partial charge in [-0.25, -0.2) is 4.68 Å². The van der Waals surface area contributed by atoms with Crippen LogP contribution in [0.2, 0.25) is 5.02 Å². The molecule has 1 unspecified atom stereocenters. The number of fused-ring (bicyclic) bond motifs is 1. The second-order valence-electron chi connectivity index (χ2n) is 8.35. The van der Waals surface area contributed by atoms with E-state index in [2.05, 4.69) is 15.6 Å². The summed E-state index contributed by atoms with van der Waals surface area (Å²) in [5.41, 5.74) is 3.43. The number of ether oxygens (including phenoxy) is 1. The quantitative estimate of drug-likeness (QED) is 0.255. The summed E-state index contributed by atoms with van der Waals surface area (Å²) in [7, 11) is 1.56. The highest BCUT2D eigenvalue weighted by molar-refractivity contribution is 7.98. The average molecular weight is 534 g/mol. The number of methoxy groups -OCH3 is 1. The van der Waals surface area contributed by atoms with Crippen molar-refractivity contribution in [3.63, 3.8) is 0 Å². The number of hydrogen-bond donors (Lipinski definition) is 3. The second-order valence-corrected chi connectivity index (χ2v) is 9.70. The van der Waals surface area contributed by atoms with Gasteiger partial charge in [0.1, 0.15) is 17.5 Å². The number of amides is 1. The van der Waals surface area contributed by atoms with Crippen LogP contribution in [-0.2, 0) is 10.5 Å². The number of phenolic OH excluding ortho intramolecular Hbond substituents is 1. The number of halogens is 1. The van der Waals surface area contributed by atoms with E-state index in [9.17, 15) is 9.90 Å². The van der Waals surface area contributed by atoms with Crippen LogP contribution in [-0.4, -0.2) is 32.9 Å². The maximum absolute atomic E-state index is 13.7. The van der Waals surface area contributed by atoms with E-state index < -0.39 is 6.04 Å². The Kier molecular flexibility index (Phi) is 7.07. The average Bonchev–Trinajstić information content (AvgIpc) is 3.30. The van der Waals surface area contributed by atoms with Crippen molar-refractivity contribution in [2.45, 2.75) is 23.9 Å². The van der Waals surface area contributed by atoms with Gasteiger partial charge in [0.2, 0.25) is 11.1 Å². The van der Waals surface area contributed by atoms with Crippen molar-refractivity contribution in [2.24, 2.45) is 0 Å². The lowest BCUT2D eigenvalue weighted by molar-refractivity contribution is -0.113. The highest BCUT2D eigenvalue weighted by Gasteiger charge is 2.34. The molecule has 0 spiro atoms. The highest BCUT2D eigenvalue weighted by Crippen LogP contribution is 2.38. The number of phenols is 1. The fourth-order valence-electron chi connectivity index (χ4n) is 4.15. The summed E-state index contributed by atoms with van der Waals surface area (Å²) in [5.74, 6) is 1.50. The van der Waals surface area contributed by atoms with Gasteiger partial charge in [-0.3, -0.25) is 4.79 Å². The number of nitrogens with zero attached hydrogens (tertiary/aromatic N) is 3. The summed E-state index contributed by atoms with van der Waals surface area (Å²) < 4.78 is 7.10. The monoisotopic (exact) mass is 533 g/mol. The third-order valence-corrected chi connectivity index (χ3v) is 7.21. The number of para-hydroxylation sites is 2. The zero-order valence-corrected chi connectivity index (χ0v) is 21.7. The molecule has 0 saturated heterocycles. The molecule has 1 amide bonds. The van der Waals surface area contributed by atoms with Gasteiger partial charge in [0.05, 0.1) is 18.4 Å². The Bertz CT molecular complexity index is 1490. The maximum Gasteiger partial charge on any atom is 0.255 e. The van der Waals surface area contributed by atoms with Crippen LogP contribution >= 0.6 is 23.4 Å². The van der Waals surface area contributed by atoms with Crippen LogP contribution in [0.5, 0.6) is 11.5 Å². The van der Waals surface area contributed by atoms with E-state index in [1.54, 1.807) is 48.2 Å². The normalized spacial score (nSPS) is 14.6. The van der Waals surface area contributed by atoms with Crippen molar-refractivity contribution in [2.75, 3.05) is 17.7 Å². The summed E-state index contributed by atoms with van der Waals surface area (Å²) in [5, 5.41) is 22.1. The minimum Gasteiger partial charge on any atom is -0.508 e. The van der Waals surface area contributed by atoms with Crippen LogP contribution in [0.1, 0.15) is 24.1 Å². The molecule has 188 valence electrons. The van der Waals surface area contributed by atoms with Gasteiger partial charge in [0.25, 0.3) is 5.91 Å². The number of aromatic hydroxyl groups is 1. The third-order valence-electron chi connectivity index (χ3n) is 5.96. The van der Waals surface area contributed by atoms with E-state index >= 15 is 0 Å². The largest absolute Gasteiger partial charge is 0.508 e. The number of carbonyl (C=O) groups is 1. The summed E-state index contributed by atoms with van der Waals surface area (Å²) in [6.07, 6.45) is 0. The molecule has 0 saturated carbocycles. The fraction of sp³-hybridized carbons (Fsp3) is 0.148. The first kappa shape index (κ1) is 24.7. The first-order valence-corrected chi connectivity index (χ1v) is 12.8. The number of allylic oxidation sites excluding steroid dienone is 1. The van der Waals surface area contributed by atoms with Gasteiger partial charge in [-0.05, 0) is 48.4 Å². The zero-order chi connectivity index (χ0) is 25.9. The molecule has 3 aromatic carbocycles. The Balaban J connectivity index is 1.50. The summed E-state index contributed by atoms with van der Waals surface area (Å²) >= 11 is 7.77. The molecule has 1 aliphatic rings. The number of aromatic nitrogens is 3. The molecule has 0 radical (unpaired) electrons. The van der Waals surface area contributed by atoms with Crippen LogP contribution in [0.25, 0.3) is 0 Å². The molecule has 0 aliphatic carbocycles. The number of nitrogens with one attached hydrogen (secondary N) is 2. The number of thioether (sulfide) groups is 1. The maximum atomic E-state index is 13.7. The summed E-state index contributed by atoms with van der Waals surface area (Å²) in [6.45, 7) is 1.83. The molecule has 10 heteroatoms. The minimum absolute atomic E-state index is 0.133. The number of carbonyl (C=O) groups excluding carboxylic acids is 1. The molecule has 1 atom stereocenters. The lowest BCUT2D eigenvalue weighted by atomic mass is 9.95. The smallest absolute Gasteiger partial charge is 0.255 e. The Hall–Kier alpha value is -3.95. The van der Waals surface area contributed by atoms with E-state index in [0.717, 1.165) is 11.1 Å². The van der Waals surface area contributed by atoms with E-state index in [0.29, 0.717) is 44.6 Å². The number of anilines is 2. The molecule has 0 fully saturated rings. The number of hydrogen-bond acceptors (Lipinski definition) is 7. The van der Waals surface area contributed by atoms with E-state index in [4.69, 9.17) is 21.4 Å². The van der Waals surface area contributed by atoms with Crippen molar-refractivity contribution in [3.8, 4) is 11.5 Å². The SMILES string of the molecule is COc1ccccc1NC(=O)C1=C(C)Nc2nc(SCc3ccccc3Cl)nn2C1c1ccc(O)cc1. The molecule has 3 N–H and O–H groups in total. The van der Waals surface area contributed by atoms with Crippen molar-refractivity contribution in [3.05, 3.63) is 100 Å². The third kappa shape index (κ3) is 5.14. The van der Waals surface area contributed by atoms with Gasteiger partial charge in [-0.2, -0.15) is 4.98 Å². The van der Waals surface area contributed by atoms with Gasteiger partial charge in [-0.15, -0.1) is 5.10 Å². The molecular formula is C27H24ClN5O3S. The Morgan fingerprint density at radius 2 is 1.86 bits per heavy atom. The zero-order valence-electron chi connectivity index (χ0n) is 20.1. The van der Waals surface area contributed by atoms with Gasteiger partial charge < -0.3 is 20.5 Å². The van der Waals surface area contributed by atoms with Crippen LogP contribution in [0.4, 0.5) is 11.6 Å². The molecule has 8 nitrogen and oxygen atoms in total. The minimum atomic E-state index is -0.575. The van der Waals surface area contributed by atoms with E-state index in [-0.39, 0.29) is 11.7 Å². The molecule has 5 rings (SSSR count). The summed E-state index contributed by atoms with van der Waals surface area (Å²) in [4.78, 5) is 18.3. The van der Waals surface area contributed by atoms with Gasteiger partial charge >= 0.3 is 0 Å². The molecule has 1 aromatic heterocycles. The first-order valence-electron chi connectivity index (χ1n) is 11.5. The topological polar surface area (TPSA) is 101 Å². The van der Waals surface area contributed by atoms with Gasteiger partial charge in [0.15, 0.2) is 0 Å². The molecule has 2 heterocycles. The van der Waals surface area contributed by atoms with Crippen molar-refractivity contribution in [1.82, 2.24) is 14.8 Å². The lowest BCUT2D eigenvalue weighted by Crippen LogP contribution is -2.31. The molecule has 37 heavy (non-hydrogen) atoms. The Labute approximate surface area is 223 Å². The highest BCUT2D eigenvalue weighted by atomic mass is 35.5. The van der Waals surface area contributed by atoms with E-state index in [1.165, 1.54) is 11.8 Å². The molecule has 4 aromatic rings. The van der Waals surface area contributed by atoms with Crippen LogP contribution in [0.3, 0.4) is 0 Å². The Morgan fingerprint density at radius 1 is 1.14 bits per heavy atom. The molecule has 0 bridgehead atoms. The van der Waals surface area contributed by atoms with Crippen LogP contribution in [0.15, 0.2) is 89.2 Å². The van der Waals surface area contributed by atoms with Gasteiger partial charge in [-0.1, -0.05) is 65.8 Å². The summed E-state index contributed by atoms with van der Waals surface area (Å²) in [6, 6.07) is 21.0. The fourth-order valence-corrected chi connectivity index (χ4v) is 5.26. The van der Waals surface area contributed by atoms with Crippen LogP contribution < -0.4 is 15.4 Å². The van der Waals surface area contributed by atoms with E-state index in [1.807, 2.05) is 43.3 Å². The number of rotatable bonds is 7. The standard InChI is InChI=1S/C27H24ClN5O3S/c1-16-23(25(35)30-21-9-5-6-10-22(21)36-2)24(17-11-13-19(34)14-12-17)33-26(29-16)31-27(32-33)37-15-18-7-3-4-8-20(18)28/h3-14,24,34H,15H2,1-2H3,(H,30,35)(H,29,31,32). The predicted octanol–water partition coefficient (Wildman–Crippen LogP) is 5.87. The molecular weight excluding hydrogens is 510 g/mol. The number of benzene rings is 3. The lowest BCUT2D eigenvalue weighted by Gasteiger charge is -2.28. The van der Waals surface area contributed by atoms with Crippen molar-refractivity contribution in [1.29, 1.82) is 0 Å². The Morgan fingerprint density at radius 3 is 2.62 bits per heavy atom. The van der Waals surface area contributed by atoms with Crippen LogP contribution in [0, 0.1) is 0 Å².